The highest BCUT2D eigenvalue weighted by Gasteiger charge is 2.11. The number of aromatic nitrogens is 2. The molecule has 20 heavy (non-hydrogen) atoms. The molecule has 5 nitrogen and oxygen atoms in total. The van der Waals surface area contributed by atoms with Gasteiger partial charge in [-0.2, -0.15) is 0 Å². The Morgan fingerprint density at radius 3 is 2.65 bits per heavy atom. The molecule has 7 heteroatoms. The van der Waals surface area contributed by atoms with Crippen LogP contribution < -0.4 is 10.5 Å². The first-order chi connectivity index (χ1) is 9.56. The number of benzene rings is 1. The zero-order valence-electron chi connectivity index (χ0n) is 11.4. The Morgan fingerprint density at radius 1 is 1.35 bits per heavy atom. The van der Waals surface area contributed by atoms with Crippen molar-refractivity contribution < 1.29 is 9.84 Å². The largest absolute Gasteiger partial charge is 0.490 e. The lowest BCUT2D eigenvalue weighted by Crippen LogP contribution is -2.20. The predicted octanol–water partition coefficient (Wildman–Crippen LogP) is 2.27. The Balaban J connectivity index is 1.81. The third-order valence-corrected chi connectivity index (χ3v) is 4.68. The molecule has 0 saturated heterocycles. The van der Waals surface area contributed by atoms with E-state index in [1.807, 2.05) is 32.0 Å². The van der Waals surface area contributed by atoms with Gasteiger partial charge in [-0.1, -0.05) is 41.3 Å². The molecule has 1 heterocycles. The van der Waals surface area contributed by atoms with Gasteiger partial charge in [0.15, 0.2) is 4.34 Å². The van der Waals surface area contributed by atoms with Crippen LogP contribution in [0.25, 0.3) is 0 Å². The fraction of sp³-hybridized carbons (Fsp3) is 0.385. The van der Waals surface area contributed by atoms with Crippen LogP contribution in [0.15, 0.2) is 22.5 Å². The molecule has 3 N–H and O–H groups in total. The molecule has 2 aromatic rings. The van der Waals surface area contributed by atoms with Crippen LogP contribution in [-0.4, -0.2) is 33.8 Å². The zero-order valence-corrected chi connectivity index (χ0v) is 13.0. The summed E-state index contributed by atoms with van der Waals surface area (Å²) < 4.78 is 6.46. The number of aliphatic hydroxyl groups is 1. The van der Waals surface area contributed by atoms with Crippen LogP contribution >= 0.6 is 23.1 Å². The molecule has 0 aliphatic heterocycles. The van der Waals surface area contributed by atoms with Gasteiger partial charge in [-0.05, 0) is 25.0 Å². The lowest BCUT2D eigenvalue weighted by atomic mass is 10.1. The van der Waals surface area contributed by atoms with Crippen LogP contribution in [0.2, 0.25) is 0 Å². The van der Waals surface area contributed by atoms with E-state index in [2.05, 4.69) is 10.2 Å². The third-order valence-electron chi connectivity index (χ3n) is 2.65. The second-order valence-corrected chi connectivity index (χ2v) is 6.68. The van der Waals surface area contributed by atoms with Crippen LogP contribution in [-0.2, 0) is 0 Å². The maximum absolute atomic E-state index is 9.94. The van der Waals surface area contributed by atoms with Crippen LogP contribution in [0.4, 0.5) is 5.13 Å². The Labute approximate surface area is 126 Å². The lowest BCUT2D eigenvalue weighted by Gasteiger charge is -2.14. The highest BCUT2D eigenvalue weighted by Crippen LogP contribution is 2.25. The Morgan fingerprint density at radius 2 is 2.05 bits per heavy atom. The number of hydrogen-bond donors (Lipinski definition) is 2. The maximum Gasteiger partial charge on any atom is 0.203 e. The number of thioether (sulfide) groups is 1. The molecule has 2 rings (SSSR count). The van der Waals surface area contributed by atoms with E-state index in [1.165, 1.54) is 23.1 Å². The van der Waals surface area contributed by atoms with E-state index in [4.69, 9.17) is 10.5 Å². The summed E-state index contributed by atoms with van der Waals surface area (Å²) in [6, 6.07) is 5.98. The summed E-state index contributed by atoms with van der Waals surface area (Å²) in [5.74, 6) is 1.34. The fourth-order valence-electron chi connectivity index (χ4n) is 1.70. The van der Waals surface area contributed by atoms with Crippen molar-refractivity contribution in [1.29, 1.82) is 0 Å². The predicted molar refractivity (Wildman–Crippen MR) is 82.5 cm³/mol. The number of aliphatic hydroxyl groups excluding tert-OH is 1. The number of rotatable bonds is 6. The van der Waals surface area contributed by atoms with Gasteiger partial charge in [0.25, 0.3) is 0 Å². The molecule has 0 radical (unpaired) electrons. The molecular weight excluding hydrogens is 294 g/mol. The van der Waals surface area contributed by atoms with E-state index < -0.39 is 6.10 Å². The lowest BCUT2D eigenvalue weighted by molar-refractivity contribution is 0.125. The van der Waals surface area contributed by atoms with Crippen molar-refractivity contribution in [2.75, 3.05) is 18.1 Å². The molecule has 0 spiro atoms. The third kappa shape index (κ3) is 4.09. The molecule has 0 aliphatic carbocycles. The number of para-hydroxylation sites is 1. The molecule has 0 unspecified atom stereocenters. The number of anilines is 1. The summed E-state index contributed by atoms with van der Waals surface area (Å²) in [7, 11) is 0. The number of ether oxygens (including phenoxy) is 1. The summed E-state index contributed by atoms with van der Waals surface area (Å²) in [4.78, 5) is 0. The molecule has 0 aliphatic rings. The Hall–Kier alpha value is -1.31. The number of aryl methyl sites for hydroxylation is 2. The van der Waals surface area contributed by atoms with Crippen LogP contribution in [0.1, 0.15) is 11.1 Å². The van der Waals surface area contributed by atoms with Crippen molar-refractivity contribution in [1.82, 2.24) is 10.2 Å². The summed E-state index contributed by atoms with van der Waals surface area (Å²) in [6.45, 7) is 4.24. The number of nitrogen functional groups attached to an aromatic ring is 1. The Bertz CT molecular complexity index is 554. The zero-order chi connectivity index (χ0) is 14.5. The summed E-state index contributed by atoms with van der Waals surface area (Å²) in [5.41, 5.74) is 7.64. The Kier molecular flexibility index (Phi) is 5.22. The SMILES string of the molecule is Cc1cccc(C)c1OC[C@@H](O)CSc1nnc(N)s1. The minimum atomic E-state index is -0.566. The molecular formula is C13H17N3O2S2. The first-order valence-electron chi connectivity index (χ1n) is 6.15. The average molecular weight is 311 g/mol. The highest BCUT2D eigenvalue weighted by atomic mass is 32.2. The van der Waals surface area contributed by atoms with Gasteiger partial charge in [0, 0.05) is 5.75 Å². The van der Waals surface area contributed by atoms with Gasteiger partial charge in [-0.25, -0.2) is 0 Å². The first kappa shape index (κ1) is 15.1. The normalized spacial score (nSPS) is 12.3. The summed E-state index contributed by atoms with van der Waals surface area (Å²) in [6.07, 6.45) is -0.566. The molecule has 1 aromatic heterocycles. The van der Waals surface area contributed by atoms with Gasteiger partial charge in [-0.3, -0.25) is 0 Å². The molecule has 0 saturated carbocycles. The van der Waals surface area contributed by atoms with Crippen molar-refractivity contribution in [3.63, 3.8) is 0 Å². The molecule has 1 aromatic carbocycles. The van der Waals surface area contributed by atoms with Crippen molar-refractivity contribution in [3.8, 4) is 5.75 Å². The van der Waals surface area contributed by atoms with Gasteiger partial charge >= 0.3 is 0 Å². The van der Waals surface area contributed by atoms with E-state index in [1.54, 1.807) is 0 Å². The molecule has 1 atom stereocenters. The second kappa shape index (κ2) is 6.92. The average Bonchev–Trinajstić information content (AvgIpc) is 2.82. The van der Waals surface area contributed by atoms with E-state index in [0.717, 1.165) is 21.2 Å². The van der Waals surface area contributed by atoms with Crippen LogP contribution in [0, 0.1) is 13.8 Å². The molecule has 0 fully saturated rings. The van der Waals surface area contributed by atoms with E-state index in [0.29, 0.717) is 10.9 Å². The van der Waals surface area contributed by atoms with Crippen molar-refractivity contribution >= 4 is 28.2 Å². The van der Waals surface area contributed by atoms with E-state index >= 15 is 0 Å². The minimum absolute atomic E-state index is 0.257. The summed E-state index contributed by atoms with van der Waals surface area (Å²) >= 11 is 2.74. The van der Waals surface area contributed by atoms with Gasteiger partial charge in [0.05, 0.1) is 6.10 Å². The highest BCUT2D eigenvalue weighted by molar-refractivity contribution is 8.01. The molecule has 0 bridgehead atoms. The van der Waals surface area contributed by atoms with Crippen LogP contribution in [0.3, 0.4) is 0 Å². The monoisotopic (exact) mass is 311 g/mol. The van der Waals surface area contributed by atoms with Gasteiger partial charge in [0.2, 0.25) is 5.13 Å². The first-order valence-corrected chi connectivity index (χ1v) is 7.95. The number of nitrogens with two attached hydrogens (primary N) is 1. The standard InChI is InChI=1S/C13H17N3O2S2/c1-8-4-3-5-9(2)11(8)18-6-10(17)7-19-13-16-15-12(14)20-13/h3-5,10,17H,6-7H2,1-2H3,(H2,14,15)/t10-/m1/s1. The molecule has 0 amide bonds. The number of hydrogen-bond acceptors (Lipinski definition) is 7. The quantitative estimate of drug-likeness (QED) is 0.797. The van der Waals surface area contributed by atoms with Crippen molar-refractivity contribution in [3.05, 3.63) is 29.3 Å². The minimum Gasteiger partial charge on any atom is -0.490 e. The van der Waals surface area contributed by atoms with Crippen molar-refractivity contribution in [2.45, 2.75) is 24.3 Å². The maximum atomic E-state index is 9.94. The summed E-state index contributed by atoms with van der Waals surface area (Å²) in [5, 5.41) is 18.0. The van der Waals surface area contributed by atoms with Gasteiger partial charge in [-0.15, -0.1) is 10.2 Å². The van der Waals surface area contributed by atoms with Gasteiger partial charge in [0.1, 0.15) is 12.4 Å². The smallest absolute Gasteiger partial charge is 0.203 e. The second-order valence-electron chi connectivity index (χ2n) is 4.40. The van der Waals surface area contributed by atoms with Crippen LogP contribution in [0.5, 0.6) is 5.75 Å². The van der Waals surface area contributed by atoms with E-state index in [-0.39, 0.29) is 6.61 Å². The van der Waals surface area contributed by atoms with Gasteiger partial charge < -0.3 is 15.6 Å². The van der Waals surface area contributed by atoms with E-state index in [9.17, 15) is 5.11 Å². The fourth-order valence-corrected chi connectivity index (χ4v) is 3.27. The topological polar surface area (TPSA) is 81.3 Å². The number of nitrogens with zero attached hydrogens (tertiary/aromatic N) is 2. The molecule has 108 valence electrons. The van der Waals surface area contributed by atoms with Crippen molar-refractivity contribution in [2.24, 2.45) is 0 Å².